The molecule has 5 heteroatoms. The minimum Gasteiger partial charge on any atom is -0.409 e. The van der Waals surface area contributed by atoms with Crippen molar-refractivity contribution in [3.8, 4) is 0 Å². The van der Waals surface area contributed by atoms with Crippen molar-refractivity contribution >= 4 is 5.84 Å². The first kappa shape index (κ1) is 14.2. The Labute approximate surface area is 92.5 Å². The molecule has 3 N–H and O–H groups in total. The maximum absolute atomic E-state index is 8.35. The van der Waals surface area contributed by atoms with Gasteiger partial charge < -0.3 is 20.7 Å². The second-order valence-corrected chi connectivity index (χ2v) is 4.15. The standard InChI is InChI=1S/C10H24N4O/c1-13(2)7-5-9-14(3)8-4-6-10(11)12-15/h15H,4-9H2,1-3H3,(H2,11,12). The van der Waals surface area contributed by atoms with E-state index in [0.717, 1.165) is 26.1 Å². The van der Waals surface area contributed by atoms with Crippen LogP contribution in [0.4, 0.5) is 0 Å². The zero-order valence-corrected chi connectivity index (χ0v) is 10.1. The quantitative estimate of drug-likeness (QED) is 0.267. The van der Waals surface area contributed by atoms with E-state index in [4.69, 9.17) is 10.9 Å². The Morgan fingerprint density at radius 3 is 2.27 bits per heavy atom. The topological polar surface area (TPSA) is 65.1 Å². The summed E-state index contributed by atoms with van der Waals surface area (Å²) in [5.41, 5.74) is 5.37. The Kier molecular flexibility index (Phi) is 8.04. The van der Waals surface area contributed by atoms with Crippen LogP contribution in [-0.4, -0.2) is 61.6 Å². The van der Waals surface area contributed by atoms with Crippen molar-refractivity contribution in [3.05, 3.63) is 0 Å². The minimum atomic E-state index is 0.316. The number of hydrogen-bond donors (Lipinski definition) is 2. The summed E-state index contributed by atoms with van der Waals surface area (Å²) in [5.74, 6) is 0.316. The number of amidine groups is 1. The molecule has 0 radical (unpaired) electrons. The van der Waals surface area contributed by atoms with Gasteiger partial charge in [0.2, 0.25) is 0 Å². The SMILES string of the molecule is CN(C)CCCN(C)CCCC(N)=NO. The van der Waals surface area contributed by atoms with Gasteiger partial charge in [0, 0.05) is 6.42 Å². The van der Waals surface area contributed by atoms with Crippen molar-refractivity contribution in [1.29, 1.82) is 0 Å². The molecule has 0 aromatic rings. The van der Waals surface area contributed by atoms with Crippen LogP contribution in [0.25, 0.3) is 0 Å². The molecule has 15 heavy (non-hydrogen) atoms. The largest absolute Gasteiger partial charge is 0.409 e. The fourth-order valence-electron chi connectivity index (χ4n) is 1.35. The van der Waals surface area contributed by atoms with Gasteiger partial charge in [-0.05, 0) is 53.6 Å². The second kappa shape index (κ2) is 8.49. The van der Waals surface area contributed by atoms with Crippen LogP contribution in [0.3, 0.4) is 0 Å². The smallest absolute Gasteiger partial charge is 0.139 e. The second-order valence-electron chi connectivity index (χ2n) is 4.15. The first-order chi connectivity index (χ1) is 7.06. The lowest BCUT2D eigenvalue weighted by molar-refractivity contribution is 0.296. The Morgan fingerprint density at radius 1 is 1.13 bits per heavy atom. The molecule has 0 rings (SSSR count). The summed E-state index contributed by atoms with van der Waals surface area (Å²) in [6.07, 6.45) is 2.77. The van der Waals surface area contributed by atoms with Crippen molar-refractivity contribution in [2.75, 3.05) is 40.8 Å². The van der Waals surface area contributed by atoms with E-state index in [0.29, 0.717) is 12.3 Å². The van der Waals surface area contributed by atoms with Crippen molar-refractivity contribution in [1.82, 2.24) is 9.80 Å². The van der Waals surface area contributed by atoms with E-state index in [-0.39, 0.29) is 0 Å². The van der Waals surface area contributed by atoms with Crippen molar-refractivity contribution in [3.63, 3.8) is 0 Å². The summed E-state index contributed by atoms with van der Waals surface area (Å²) >= 11 is 0. The molecule has 0 aromatic carbocycles. The van der Waals surface area contributed by atoms with Crippen LogP contribution >= 0.6 is 0 Å². The molecule has 0 amide bonds. The minimum absolute atomic E-state index is 0.316. The van der Waals surface area contributed by atoms with E-state index in [1.807, 2.05) is 0 Å². The lowest BCUT2D eigenvalue weighted by Gasteiger charge is -2.17. The first-order valence-electron chi connectivity index (χ1n) is 5.36. The molecule has 0 aromatic heterocycles. The van der Waals surface area contributed by atoms with E-state index >= 15 is 0 Å². The van der Waals surface area contributed by atoms with Gasteiger partial charge in [0.25, 0.3) is 0 Å². The Bertz CT molecular complexity index is 182. The Balaban J connectivity index is 3.37. The summed E-state index contributed by atoms with van der Waals surface area (Å²) in [7, 11) is 6.26. The third-order valence-corrected chi connectivity index (χ3v) is 2.25. The van der Waals surface area contributed by atoms with Crippen LogP contribution in [0.5, 0.6) is 0 Å². The van der Waals surface area contributed by atoms with Gasteiger partial charge in [-0.15, -0.1) is 0 Å². The maximum atomic E-state index is 8.35. The molecule has 0 saturated heterocycles. The van der Waals surface area contributed by atoms with Crippen LogP contribution < -0.4 is 5.73 Å². The molecule has 0 unspecified atom stereocenters. The van der Waals surface area contributed by atoms with E-state index in [1.165, 1.54) is 6.42 Å². The summed E-state index contributed by atoms with van der Waals surface area (Å²) < 4.78 is 0. The van der Waals surface area contributed by atoms with Gasteiger partial charge in [0.1, 0.15) is 5.84 Å². The highest BCUT2D eigenvalue weighted by Gasteiger charge is 2.00. The molecule has 0 aliphatic carbocycles. The van der Waals surface area contributed by atoms with E-state index in [2.05, 4.69) is 36.1 Å². The van der Waals surface area contributed by atoms with Crippen LogP contribution in [0.2, 0.25) is 0 Å². The van der Waals surface area contributed by atoms with Gasteiger partial charge in [0.05, 0.1) is 0 Å². The maximum Gasteiger partial charge on any atom is 0.139 e. The summed E-state index contributed by atoms with van der Waals surface area (Å²) in [4.78, 5) is 4.46. The molecule has 0 saturated carbocycles. The molecular formula is C10H24N4O. The molecule has 0 aliphatic heterocycles. The molecule has 0 fully saturated rings. The van der Waals surface area contributed by atoms with Crippen LogP contribution in [0.15, 0.2) is 5.16 Å². The molecule has 0 bridgehead atoms. The monoisotopic (exact) mass is 216 g/mol. The lowest BCUT2D eigenvalue weighted by Crippen LogP contribution is -2.25. The zero-order chi connectivity index (χ0) is 11.7. The predicted molar refractivity (Wildman–Crippen MR) is 63.3 cm³/mol. The molecule has 5 nitrogen and oxygen atoms in total. The van der Waals surface area contributed by atoms with Gasteiger partial charge >= 0.3 is 0 Å². The molecule has 0 atom stereocenters. The zero-order valence-electron chi connectivity index (χ0n) is 10.1. The third-order valence-electron chi connectivity index (χ3n) is 2.25. The van der Waals surface area contributed by atoms with Gasteiger partial charge in [-0.25, -0.2) is 0 Å². The predicted octanol–water partition coefficient (Wildman–Crippen LogP) is 0.397. The van der Waals surface area contributed by atoms with Gasteiger partial charge in [0.15, 0.2) is 0 Å². The van der Waals surface area contributed by atoms with Gasteiger partial charge in [-0.2, -0.15) is 0 Å². The molecule has 0 heterocycles. The molecular weight excluding hydrogens is 192 g/mol. The summed E-state index contributed by atoms with van der Waals surface area (Å²) in [6.45, 7) is 3.20. The van der Waals surface area contributed by atoms with E-state index in [9.17, 15) is 0 Å². The summed E-state index contributed by atoms with van der Waals surface area (Å²) in [6, 6.07) is 0. The highest BCUT2D eigenvalue weighted by Crippen LogP contribution is 1.95. The highest BCUT2D eigenvalue weighted by molar-refractivity contribution is 5.79. The number of rotatable bonds is 8. The van der Waals surface area contributed by atoms with E-state index in [1.54, 1.807) is 0 Å². The van der Waals surface area contributed by atoms with E-state index < -0.39 is 0 Å². The van der Waals surface area contributed by atoms with Crippen LogP contribution in [0.1, 0.15) is 19.3 Å². The average Bonchev–Trinajstić information content (AvgIpc) is 2.17. The Morgan fingerprint density at radius 2 is 1.73 bits per heavy atom. The fourth-order valence-corrected chi connectivity index (χ4v) is 1.35. The average molecular weight is 216 g/mol. The van der Waals surface area contributed by atoms with Crippen LogP contribution in [-0.2, 0) is 0 Å². The van der Waals surface area contributed by atoms with Crippen molar-refractivity contribution < 1.29 is 5.21 Å². The number of nitrogens with two attached hydrogens (primary N) is 1. The third kappa shape index (κ3) is 9.49. The molecule has 0 aliphatic rings. The number of oxime groups is 1. The molecule has 0 spiro atoms. The van der Waals surface area contributed by atoms with Crippen LogP contribution in [0, 0.1) is 0 Å². The Hall–Kier alpha value is -0.810. The van der Waals surface area contributed by atoms with Crippen molar-refractivity contribution in [2.45, 2.75) is 19.3 Å². The number of nitrogens with zero attached hydrogens (tertiary/aromatic N) is 3. The molecule has 90 valence electrons. The number of hydrogen-bond acceptors (Lipinski definition) is 4. The van der Waals surface area contributed by atoms with Gasteiger partial charge in [-0.1, -0.05) is 5.16 Å². The normalized spacial score (nSPS) is 12.7. The van der Waals surface area contributed by atoms with Gasteiger partial charge in [-0.3, -0.25) is 0 Å². The summed E-state index contributed by atoms with van der Waals surface area (Å²) in [5, 5.41) is 11.3. The van der Waals surface area contributed by atoms with Crippen molar-refractivity contribution in [2.24, 2.45) is 10.9 Å². The lowest BCUT2D eigenvalue weighted by atomic mass is 10.2. The first-order valence-corrected chi connectivity index (χ1v) is 5.36. The fraction of sp³-hybridized carbons (Fsp3) is 0.900. The highest BCUT2D eigenvalue weighted by atomic mass is 16.4.